The second kappa shape index (κ2) is 4.13. The van der Waals surface area contributed by atoms with Crippen LogP contribution in [0.1, 0.15) is 5.56 Å². The van der Waals surface area contributed by atoms with E-state index in [-0.39, 0.29) is 24.4 Å². The van der Waals surface area contributed by atoms with Gasteiger partial charge in [-0.15, -0.1) is 5.46 Å². The molecule has 0 N–H and O–H groups in total. The Kier molecular flexibility index (Phi) is 2.82. The standard InChI is InChI=1S/C9H8BN2O4/c13-10(14)8-3-1-7(2-4-8)9-11(15)5-6-12(9)16/h1-4H,5-6H2/q-2. The minimum absolute atomic E-state index is 0.0277. The van der Waals surface area contributed by atoms with E-state index in [0.29, 0.717) is 15.4 Å². The van der Waals surface area contributed by atoms with Crippen LogP contribution >= 0.6 is 0 Å². The zero-order valence-corrected chi connectivity index (χ0v) is 8.33. The van der Waals surface area contributed by atoms with Gasteiger partial charge in [0.25, 0.3) is 0 Å². The fourth-order valence-corrected chi connectivity index (χ4v) is 1.60. The van der Waals surface area contributed by atoms with Crippen molar-refractivity contribution in [1.29, 1.82) is 0 Å². The van der Waals surface area contributed by atoms with Crippen molar-refractivity contribution in [2.45, 2.75) is 0 Å². The molecule has 83 valence electrons. The highest BCUT2D eigenvalue weighted by atomic mass is 16.5. The normalized spacial score (nSPS) is 15.8. The molecule has 1 aromatic rings. The van der Waals surface area contributed by atoms with Gasteiger partial charge < -0.3 is 15.3 Å². The Morgan fingerprint density at radius 1 is 1.25 bits per heavy atom. The second-order valence-electron chi connectivity index (χ2n) is 3.48. The molecule has 0 amide bonds. The van der Waals surface area contributed by atoms with Crippen molar-refractivity contribution in [3.8, 4) is 0 Å². The molecule has 7 heteroatoms. The average molecular weight is 219 g/mol. The molecule has 1 heterocycles. The van der Waals surface area contributed by atoms with E-state index in [1.54, 1.807) is 0 Å². The number of rotatable bonds is 2. The maximum atomic E-state index is 11.3. The molecule has 0 fully saturated rings. The summed E-state index contributed by atoms with van der Waals surface area (Å²) in [6.07, 6.45) is 0. The maximum absolute atomic E-state index is 11.3. The summed E-state index contributed by atoms with van der Waals surface area (Å²) in [5.41, 5.74) is 0.518. The smallest absolute Gasteiger partial charge is 0.315 e. The Bertz CT molecular complexity index is 418. The molecule has 1 aliphatic heterocycles. The van der Waals surface area contributed by atoms with Crippen LogP contribution in [0.15, 0.2) is 24.3 Å². The maximum Gasteiger partial charge on any atom is 0.315 e. The summed E-state index contributed by atoms with van der Waals surface area (Å²) in [5, 5.41) is 44.4. The summed E-state index contributed by atoms with van der Waals surface area (Å²) in [6.45, 7) is 0.263. The van der Waals surface area contributed by atoms with Gasteiger partial charge in [-0.3, -0.25) is 4.74 Å². The van der Waals surface area contributed by atoms with Crippen LogP contribution in [0.25, 0.3) is 0 Å². The van der Waals surface area contributed by atoms with Gasteiger partial charge in [0.15, 0.2) is 6.54 Å². The fraction of sp³-hybridized carbons (Fsp3) is 0.222. The summed E-state index contributed by atoms with van der Waals surface area (Å²) in [6, 6.07) is 5.56. The molecule has 0 aliphatic carbocycles. The molecule has 0 saturated carbocycles. The molecule has 1 radical (unpaired) electrons. The van der Waals surface area contributed by atoms with Gasteiger partial charge in [0.05, 0.1) is 5.56 Å². The first-order valence-electron chi connectivity index (χ1n) is 4.78. The molecule has 0 saturated heterocycles. The van der Waals surface area contributed by atoms with Gasteiger partial charge in [-0.25, -0.2) is 0 Å². The Morgan fingerprint density at radius 2 is 1.88 bits per heavy atom. The monoisotopic (exact) mass is 219 g/mol. The van der Waals surface area contributed by atoms with Crippen LogP contribution in [0.3, 0.4) is 0 Å². The summed E-state index contributed by atoms with van der Waals surface area (Å²) >= 11 is 0. The highest BCUT2D eigenvalue weighted by Crippen LogP contribution is 2.08. The summed E-state index contributed by atoms with van der Waals surface area (Å²) in [7, 11) is -2.05. The molecule has 0 atom stereocenters. The zero-order chi connectivity index (χ0) is 11.7. The molecule has 0 spiro atoms. The lowest BCUT2D eigenvalue weighted by Gasteiger charge is -2.26. The van der Waals surface area contributed by atoms with E-state index in [1.165, 1.54) is 24.3 Å². The molecule has 0 unspecified atom stereocenters. The van der Waals surface area contributed by atoms with Crippen LogP contribution in [-0.2, 0) is 5.21 Å². The second-order valence-corrected chi connectivity index (χ2v) is 3.48. The first-order chi connectivity index (χ1) is 7.59. The Balaban J connectivity index is 2.32. The SMILES string of the molecule is [O]N1CC[N+]([O-])=C1c1ccc(B([O-])[O-])cc1. The van der Waals surface area contributed by atoms with Gasteiger partial charge in [-0.05, 0) is 12.1 Å². The summed E-state index contributed by atoms with van der Waals surface area (Å²) < 4.78 is 0.605. The first-order valence-corrected chi connectivity index (χ1v) is 4.78. The predicted molar refractivity (Wildman–Crippen MR) is 51.8 cm³/mol. The van der Waals surface area contributed by atoms with Crippen LogP contribution in [0.4, 0.5) is 0 Å². The molecule has 1 aromatic carbocycles. The number of amidine groups is 1. The third kappa shape index (κ3) is 1.88. The minimum Gasteiger partial charge on any atom is -0.889 e. The van der Waals surface area contributed by atoms with Crippen molar-refractivity contribution < 1.29 is 20.0 Å². The van der Waals surface area contributed by atoms with Crippen molar-refractivity contribution in [3.63, 3.8) is 0 Å². The lowest BCUT2D eigenvalue weighted by atomic mass is 9.80. The lowest BCUT2D eigenvalue weighted by molar-refractivity contribution is -0.445. The van der Waals surface area contributed by atoms with Crippen LogP contribution in [0.2, 0.25) is 0 Å². The van der Waals surface area contributed by atoms with Crippen molar-refractivity contribution in [2.75, 3.05) is 13.1 Å². The zero-order valence-electron chi connectivity index (χ0n) is 8.33. The number of hydrogen-bond donors (Lipinski definition) is 0. The van der Waals surface area contributed by atoms with E-state index in [0.717, 1.165) is 0 Å². The number of benzene rings is 1. The predicted octanol–water partition coefficient (Wildman–Crippen LogP) is -2.98. The van der Waals surface area contributed by atoms with Crippen LogP contribution in [-0.4, -0.2) is 35.8 Å². The van der Waals surface area contributed by atoms with Crippen molar-refractivity contribution in [3.05, 3.63) is 35.0 Å². The van der Waals surface area contributed by atoms with Gasteiger partial charge >= 0.3 is 5.84 Å². The number of hydrogen-bond acceptors (Lipinski definition) is 4. The average Bonchev–Trinajstić information content (AvgIpc) is 2.59. The highest BCUT2D eigenvalue weighted by molar-refractivity contribution is 6.55. The van der Waals surface area contributed by atoms with Gasteiger partial charge in [0.2, 0.25) is 0 Å². The summed E-state index contributed by atoms with van der Waals surface area (Å²) in [4.78, 5) is 0. The van der Waals surface area contributed by atoms with Gasteiger partial charge in [-0.1, -0.05) is 24.3 Å². The topological polar surface area (TPSA) is 95.3 Å². The molecule has 16 heavy (non-hydrogen) atoms. The largest absolute Gasteiger partial charge is 0.889 e. The molecule has 1 aliphatic rings. The molecular weight excluding hydrogens is 211 g/mol. The van der Waals surface area contributed by atoms with Crippen LogP contribution < -0.4 is 15.5 Å². The third-order valence-electron chi connectivity index (χ3n) is 2.42. The lowest BCUT2D eigenvalue weighted by Crippen LogP contribution is -2.55. The number of hydroxylamine groups is 3. The number of nitrogens with zero attached hydrogens (tertiary/aromatic N) is 2. The third-order valence-corrected chi connectivity index (χ3v) is 2.42. The molecule has 0 bridgehead atoms. The quantitative estimate of drug-likeness (QED) is 0.301. The van der Waals surface area contributed by atoms with Crippen molar-refractivity contribution in [2.24, 2.45) is 0 Å². The molecule has 6 nitrogen and oxygen atoms in total. The Morgan fingerprint density at radius 3 is 2.31 bits per heavy atom. The molecule has 2 rings (SSSR count). The van der Waals surface area contributed by atoms with E-state index in [9.17, 15) is 20.5 Å². The van der Waals surface area contributed by atoms with E-state index in [4.69, 9.17) is 0 Å². The van der Waals surface area contributed by atoms with E-state index in [1.807, 2.05) is 0 Å². The van der Waals surface area contributed by atoms with Crippen LogP contribution in [0.5, 0.6) is 0 Å². The molecule has 0 aromatic heterocycles. The van der Waals surface area contributed by atoms with E-state index < -0.39 is 7.12 Å². The van der Waals surface area contributed by atoms with Gasteiger partial charge in [0, 0.05) is 5.21 Å². The highest BCUT2D eigenvalue weighted by Gasteiger charge is 2.29. The van der Waals surface area contributed by atoms with Crippen molar-refractivity contribution in [1.82, 2.24) is 5.06 Å². The van der Waals surface area contributed by atoms with E-state index >= 15 is 0 Å². The Labute approximate surface area is 92.4 Å². The van der Waals surface area contributed by atoms with E-state index in [2.05, 4.69) is 0 Å². The summed E-state index contributed by atoms with van der Waals surface area (Å²) in [5.74, 6) is 0.0277. The molecular formula is C9H8BN2O4-2. The fourth-order valence-electron chi connectivity index (χ4n) is 1.60. The first kappa shape index (κ1) is 10.9. The van der Waals surface area contributed by atoms with Gasteiger partial charge in [0.1, 0.15) is 6.54 Å². The van der Waals surface area contributed by atoms with Crippen LogP contribution in [0, 0.1) is 5.21 Å². The minimum atomic E-state index is -2.05. The van der Waals surface area contributed by atoms with Gasteiger partial charge in [-0.2, -0.15) is 0 Å². The van der Waals surface area contributed by atoms with Crippen molar-refractivity contribution >= 4 is 18.4 Å². The Hall–Kier alpha value is -1.57.